The number of aromatic carboxylic acids is 1. The normalized spacial score (nSPS) is 13.6. The number of carboxylic acids is 1. The van der Waals surface area contributed by atoms with Crippen LogP contribution in [0.3, 0.4) is 0 Å². The van der Waals surface area contributed by atoms with E-state index in [4.69, 9.17) is 28.3 Å². The number of nitrogens with zero attached hydrogens (tertiary/aromatic N) is 3. The van der Waals surface area contributed by atoms with E-state index in [1.54, 1.807) is 24.4 Å². The molecule has 6 nitrogen and oxygen atoms in total. The lowest BCUT2D eigenvalue weighted by Gasteiger charge is -2.14. The second kappa shape index (κ2) is 10.4. The van der Waals surface area contributed by atoms with Gasteiger partial charge in [-0.2, -0.15) is 0 Å². The number of allylic oxidation sites excluding steroid dienone is 5. The molecule has 4 rings (SSSR count). The minimum atomic E-state index is -1.14. The minimum absolute atomic E-state index is 0.0375. The maximum atomic E-state index is 14.8. The number of nitrogens with one attached hydrogen (secondary N) is 1. The van der Waals surface area contributed by atoms with Crippen LogP contribution >= 0.6 is 23.2 Å². The number of halogens is 4. The van der Waals surface area contributed by atoms with Gasteiger partial charge in [-0.1, -0.05) is 41.9 Å². The van der Waals surface area contributed by atoms with Crippen LogP contribution in [0.1, 0.15) is 28.4 Å². The summed E-state index contributed by atoms with van der Waals surface area (Å²) < 4.78 is 29.6. The number of aliphatic imine (C=N–C) groups is 1. The van der Waals surface area contributed by atoms with Crippen LogP contribution in [0.2, 0.25) is 10.0 Å². The minimum Gasteiger partial charge on any atom is -0.478 e. The van der Waals surface area contributed by atoms with E-state index in [-0.39, 0.29) is 34.4 Å². The van der Waals surface area contributed by atoms with Crippen LogP contribution in [-0.2, 0) is 6.54 Å². The molecule has 0 atom stereocenters. The third-order valence-corrected chi connectivity index (χ3v) is 5.91. The van der Waals surface area contributed by atoms with Gasteiger partial charge in [0, 0.05) is 33.6 Å². The van der Waals surface area contributed by atoms with Gasteiger partial charge in [0.05, 0.1) is 34.1 Å². The number of hydrogen-bond acceptors (Lipinski definition) is 5. The zero-order valence-electron chi connectivity index (χ0n) is 18.8. The van der Waals surface area contributed by atoms with E-state index in [1.807, 2.05) is 0 Å². The first-order chi connectivity index (χ1) is 17.2. The highest BCUT2D eigenvalue weighted by atomic mass is 35.5. The summed E-state index contributed by atoms with van der Waals surface area (Å²) in [5.74, 6) is -2.60. The van der Waals surface area contributed by atoms with Crippen molar-refractivity contribution in [2.24, 2.45) is 4.99 Å². The molecule has 1 aromatic heterocycles. The number of aromatic nitrogens is 2. The van der Waals surface area contributed by atoms with Crippen molar-refractivity contribution in [1.29, 1.82) is 0 Å². The lowest BCUT2D eigenvalue weighted by atomic mass is 9.94. The third-order valence-electron chi connectivity index (χ3n) is 5.37. The first kappa shape index (κ1) is 25.2. The van der Waals surface area contributed by atoms with Crippen LogP contribution in [0.5, 0.6) is 0 Å². The average Bonchev–Trinajstić information content (AvgIpc) is 3.00. The molecule has 1 aliphatic heterocycles. The van der Waals surface area contributed by atoms with Gasteiger partial charge in [-0.3, -0.25) is 4.99 Å². The van der Waals surface area contributed by atoms with E-state index in [9.17, 15) is 13.6 Å². The van der Waals surface area contributed by atoms with Crippen molar-refractivity contribution in [1.82, 2.24) is 9.97 Å². The largest absolute Gasteiger partial charge is 0.478 e. The molecule has 36 heavy (non-hydrogen) atoms. The molecule has 0 amide bonds. The summed E-state index contributed by atoms with van der Waals surface area (Å²) >= 11 is 12.3. The van der Waals surface area contributed by atoms with Gasteiger partial charge in [-0.05, 0) is 43.3 Å². The van der Waals surface area contributed by atoms with Crippen LogP contribution in [0.15, 0.2) is 83.5 Å². The molecule has 0 saturated heterocycles. The highest BCUT2D eigenvalue weighted by molar-refractivity contribution is 6.33. The van der Waals surface area contributed by atoms with Crippen LogP contribution in [0.4, 0.5) is 20.4 Å². The molecule has 2 heterocycles. The third kappa shape index (κ3) is 4.91. The van der Waals surface area contributed by atoms with Gasteiger partial charge in [0.25, 0.3) is 0 Å². The van der Waals surface area contributed by atoms with Gasteiger partial charge in [0.1, 0.15) is 11.7 Å². The van der Waals surface area contributed by atoms with E-state index in [2.05, 4.69) is 26.9 Å². The van der Waals surface area contributed by atoms with Crippen molar-refractivity contribution in [3.8, 4) is 11.3 Å². The molecule has 182 valence electrons. The Balaban J connectivity index is 1.83. The van der Waals surface area contributed by atoms with Gasteiger partial charge >= 0.3 is 5.97 Å². The van der Waals surface area contributed by atoms with Gasteiger partial charge in [0.15, 0.2) is 0 Å². The first-order valence-electron chi connectivity index (χ1n) is 10.6. The molecule has 0 radical (unpaired) electrons. The van der Waals surface area contributed by atoms with Crippen LogP contribution in [0, 0.1) is 0 Å². The monoisotopic (exact) mass is 526 g/mol. The van der Waals surface area contributed by atoms with Crippen molar-refractivity contribution in [3.63, 3.8) is 0 Å². The Morgan fingerprint density at radius 2 is 1.94 bits per heavy atom. The van der Waals surface area contributed by atoms with Crippen molar-refractivity contribution in [2.75, 3.05) is 5.32 Å². The highest BCUT2D eigenvalue weighted by Gasteiger charge is 2.26. The van der Waals surface area contributed by atoms with Crippen molar-refractivity contribution in [2.45, 2.75) is 13.5 Å². The second-order valence-corrected chi connectivity index (χ2v) is 8.45. The van der Waals surface area contributed by atoms with E-state index in [0.29, 0.717) is 33.1 Å². The lowest BCUT2D eigenvalue weighted by molar-refractivity contribution is 0.0697. The quantitative estimate of drug-likeness (QED) is 0.325. The topological polar surface area (TPSA) is 87.5 Å². The van der Waals surface area contributed by atoms with Gasteiger partial charge < -0.3 is 10.4 Å². The molecule has 0 fully saturated rings. The fraction of sp³-hybridized carbons (Fsp3) is 0.0769. The number of carboxylic acid groups (broad SMARTS) is 1. The molecule has 0 unspecified atom stereocenters. The number of fused-ring (bicyclic) bond motifs is 3. The maximum Gasteiger partial charge on any atom is 0.337 e. The van der Waals surface area contributed by atoms with E-state index >= 15 is 0 Å². The van der Waals surface area contributed by atoms with E-state index in [0.717, 1.165) is 12.2 Å². The predicted octanol–water partition coefficient (Wildman–Crippen LogP) is 7.48. The SMILES string of the molecule is C=C/C(F)=C(C1=NCc2cnc(Nc3ccc(C(=O)O)c(Cl)c3)nc2-c2ccc(Cl)cc21)\C(F)=C/C. The molecule has 2 N–H and O–H groups in total. The average molecular weight is 527 g/mol. The first-order valence-corrected chi connectivity index (χ1v) is 11.3. The van der Waals surface area contributed by atoms with Gasteiger partial charge in [-0.25, -0.2) is 23.5 Å². The number of rotatable bonds is 6. The molecule has 0 spiro atoms. The standard InChI is InChI=1S/C26H18Cl2F2N4O2/c1-3-20(29)22(21(30)4-2)24-18-9-14(27)5-7-16(18)23-13(11-31-24)12-32-26(34-23)33-15-6-8-17(25(35)36)19(28)10-15/h3-10,12H,1,11H2,2H3,(H,35,36)(H,32,33,34)/b21-4+,22-20-. The Morgan fingerprint density at radius 3 is 2.61 bits per heavy atom. The second-order valence-electron chi connectivity index (χ2n) is 7.61. The Labute approximate surface area is 215 Å². The smallest absolute Gasteiger partial charge is 0.337 e. The predicted molar refractivity (Wildman–Crippen MR) is 138 cm³/mol. The molecular formula is C26H18Cl2F2N4O2. The van der Waals surface area contributed by atoms with Crippen molar-refractivity contribution in [3.05, 3.63) is 105 Å². The fourth-order valence-corrected chi connectivity index (χ4v) is 4.11. The molecule has 0 saturated carbocycles. The summed E-state index contributed by atoms with van der Waals surface area (Å²) in [5.41, 5.74) is 2.23. The number of anilines is 2. The van der Waals surface area contributed by atoms with Gasteiger partial charge in [-0.15, -0.1) is 0 Å². The summed E-state index contributed by atoms with van der Waals surface area (Å²) in [6, 6.07) is 9.27. The number of benzene rings is 2. The Kier molecular flexibility index (Phi) is 7.28. The Bertz CT molecular complexity index is 1500. The Hall–Kier alpha value is -3.88. The summed E-state index contributed by atoms with van der Waals surface area (Å²) in [4.78, 5) is 24.6. The Morgan fingerprint density at radius 1 is 1.17 bits per heavy atom. The zero-order valence-corrected chi connectivity index (χ0v) is 20.3. The highest BCUT2D eigenvalue weighted by Crippen LogP contribution is 2.36. The fourth-order valence-electron chi connectivity index (χ4n) is 3.68. The van der Waals surface area contributed by atoms with E-state index < -0.39 is 17.6 Å². The molecule has 0 bridgehead atoms. The summed E-state index contributed by atoms with van der Waals surface area (Å²) in [6.07, 6.45) is 3.62. The van der Waals surface area contributed by atoms with Crippen LogP contribution < -0.4 is 5.32 Å². The molecule has 1 aliphatic rings. The lowest BCUT2D eigenvalue weighted by Crippen LogP contribution is -2.09. The summed E-state index contributed by atoms with van der Waals surface area (Å²) in [7, 11) is 0. The number of carbonyl (C=O) groups is 1. The van der Waals surface area contributed by atoms with Crippen LogP contribution in [-0.4, -0.2) is 26.8 Å². The van der Waals surface area contributed by atoms with Gasteiger partial charge in [0.2, 0.25) is 5.95 Å². The maximum absolute atomic E-state index is 14.8. The summed E-state index contributed by atoms with van der Waals surface area (Å²) in [5, 5.41) is 12.6. The molecule has 2 aromatic carbocycles. The molecule has 0 aliphatic carbocycles. The number of hydrogen-bond donors (Lipinski definition) is 2. The molecule has 3 aromatic rings. The van der Waals surface area contributed by atoms with E-state index in [1.165, 1.54) is 25.1 Å². The molecular weight excluding hydrogens is 509 g/mol. The zero-order chi connectivity index (χ0) is 26.0. The van der Waals surface area contributed by atoms with Crippen LogP contribution in [0.25, 0.3) is 11.3 Å². The van der Waals surface area contributed by atoms with Crippen molar-refractivity contribution >= 4 is 46.5 Å². The van der Waals surface area contributed by atoms with Crippen molar-refractivity contribution < 1.29 is 18.7 Å². The molecule has 10 heteroatoms. The summed E-state index contributed by atoms with van der Waals surface area (Å²) in [6.45, 7) is 4.93.